The highest BCUT2D eigenvalue weighted by molar-refractivity contribution is 7.80. The number of hydrogen-bond donors (Lipinski definition) is 3. The monoisotopic (exact) mass is 457 g/mol. The van der Waals surface area contributed by atoms with E-state index in [4.69, 9.17) is 12.2 Å². The van der Waals surface area contributed by atoms with Crippen LogP contribution in [-0.4, -0.2) is 16.9 Å². The number of anilines is 2. The van der Waals surface area contributed by atoms with Crippen molar-refractivity contribution in [2.24, 2.45) is 0 Å². The molecule has 0 unspecified atom stereocenters. The summed E-state index contributed by atoms with van der Waals surface area (Å²) in [6.45, 7) is 0. The standard InChI is InChI=1S/C23H18F3N3O2S/c24-23(25,26)17-7-4-8-19(14-17)27-21(31)16-9-11-18(12-10-16)28-22(32)29-20(30)13-15-5-2-1-3-6-15/h1-12,14H,13H2,(H,27,31)(H2,28,29,30,32). The van der Waals surface area contributed by atoms with Crippen LogP contribution in [0, 0.1) is 0 Å². The van der Waals surface area contributed by atoms with Crippen molar-refractivity contribution in [3.05, 3.63) is 95.6 Å². The second kappa shape index (κ2) is 10.1. The number of thiocarbonyl (C=S) groups is 1. The van der Waals surface area contributed by atoms with Gasteiger partial charge in [0.25, 0.3) is 5.91 Å². The predicted octanol–water partition coefficient (Wildman–Crippen LogP) is 5.01. The van der Waals surface area contributed by atoms with E-state index >= 15 is 0 Å². The number of rotatable bonds is 5. The molecule has 0 aromatic heterocycles. The van der Waals surface area contributed by atoms with Gasteiger partial charge in [0, 0.05) is 16.9 Å². The summed E-state index contributed by atoms with van der Waals surface area (Å²) < 4.78 is 38.4. The Bertz CT molecular complexity index is 1120. The van der Waals surface area contributed by atoms with Crippen LogP contribution in [0.25, 0.3) is 0 Å². The summed E-state index contributed by atoms with van der Waals surface area (Å²) in [7, 11) is 0. The Morgan fingerprint density at radius 3 is 2.16 bits per heavy atom. The van der Waals surface area contributed by atoms with Crippen molar-refractivity contribution in [1.82, 2.24) is 5.32 Å². The fourth-order valence-electron chi connectivity index (χ4n) is 2.80. The van der Waals surface area contributed by atoms with Crippen LogP contribution in [-0.2, 0) is 17.4 Å². The van der Waals surface area contributed by atoms with Crippen molar-refractivity contribution in [2.75, 3.05) is 10.6 Å². The SMILES string of the molecule is O=C(Cc1ccccc1)NC(=S)Nc1ccc(C(=O)Nc2cccc(C(F)(F)F)c2)cc1. The van der Waals surface area contributed by atoms with E-state index in [1.807, 2.05) is 30.3 Å². The molecule has 164 valence electrons. The van der Waals surface area contributed by atoms with Gasteiger partial charge < -0.3 is 16.0 Å². The normalized spacial score (nSPS) is 10.8. The summed E-state index contributed by atoms with van der Waals surface area (Å²) in [5.41, 5.74) is 0.813. The molecule has 0 fully saturated rings. The Labute approximate surface area is 187 Å². The highest BCUT2D eigenvalue weighted by Crippen LogP contribution is 2.30. The maximum absolute atomic E-state index is 12.8. The van der Waals surface area contributed by atoms with E-state index in [1.54, 1.807) is 12.1 Å². The molecule has 2 amide bonds. The van der Waals surface area contributed by atoms with Crippen molar-refractivity contribution >= 4 is 40.5 Å². The molecule has 0 aliphatic heterocycles. The van der Waals surface area contributed by atoms with Gasteiger partial charge in [-0.05, 0) is 60.2 Å². The lowest BCUT2D eigenvalue weighted by atomic mass is 10.1. The number of amides is 2. The first kappa shape index (κ1) is 23.0. The van der Waals surface area contributed by atoms with E-state index in [2.05, 4.69) is 16.0 Å². The Hall–Kier alpha value is -3.72. The van der Waals surface area contributed by atoms with Crippen LogP contribution < -0.4 is 16.0 Å². The number of hydrogen-bond acceptors (Lipinski definition) is 3. The quantitative estimate of drug-likeness (QED) is 0.471. The molecule has 0 radical (unpaired) electrons. The maximum atomic E-state index is 12.8. The van der Waals surface area contributed by atoms with Crippen LogP contribution in [0.3, 0.4) is 0 Å². The maximum Gasteiger partial charge on any atom is 0.416 e. The molecule has 0 saturated heterocycles. The van der Waals surface area contributed by atoms with E-state index in [1.165, 1.54) is 24.3 Å². The van der Waals surface area contributed by atoms with E-state index in [-0.39, 0.29) is 28.7 Å². The summed E-state index contributed by atoms with van der Waals surface area (Å²) in [5, 5.41) is 7.96. The van der Waals surface area contributed by atoms with E-state index in [0.29, 0.717) is 5.69 Å². The van der Waals surface area contributed by atoms with Crippen molar-refractivity contribution in [3.8, 4) is 0 Å². The van der Waals surface area contributed by atoms with Crippen LogP contribution in [0.1, 0.15) is 21.5 Å². The third kappa shape index (κ3) is 6.64. The van der Waals surface area contributed by atoms with Crippen LogP contribution in [0.4, 0.5) is 24.5 Å². The van der Waals surface area contributed by atoms with E-state index in [0.717, 1.165) is 17.7 Å². The molecule has 0 spiro atoms. The van der Waals surface area contributed by atoms with Gasteiger partial charge in [-0.2, -0.15) is 13.2 Å². The minimum Gasteiger partial charge on any atom is -0.332 e. The largest absolute Gasteiger partial charge is 0.416 e. The van der Waals surface area contributed by atoms with Gasteiger partial charge in [-0.3, -0.25) is 9.59 Å². The zero-order valence-electron chi connectivity index (χ0n) is 16.6. The number of alkyl halides is 3. The first-order chi connectivity index (χ1) is 15.2. The second-order valence-electron chi connectivity index (χ2n) is 6.77. The fraction of sp³-hybridized carbons (Fsp3) is 0.0870. The number of benzene rings is 3. The van der Waals surface area contributed by atoms with Crippen molar-refractivity contribution in [1.29, 1.82) is 0 Å². The molecule has 32 heavy (non-hydrogen) atoms. The molecule has 0 saturated carbocycles. The zero-order valence-corrected chi connectivity index (χ0v) is 17.4. The molecule has 0 heterocycles. The third-order valence-corrected chi connectivity index (χ3v) is 4.52. The second-order valence-corrected chi connectivity index (χ2v) is 7.18. The van der Waals surface area contributed by atoms with Crippen LogP contribution in [0.15, 0.2) is 78.9 Å². The van der Waals surface area contributed by atoms with Gasteiger partial charge in [0.2, 0.25) is 5.91 Å². The van der Waals surface area contributed by atoms with Crippen LogP contribution >= 0.6 is 12.2 Å². The number of carbonyl (C=O) groups is 2. The molecule has 9 heteroatoms. The lowest BCUT2D eigenvalue weighted by molar-refractivity contribution is -0.137. The predicted molar refractivity (Wildman–Crippen MR) is 120 cm³/mol. The first-order valence-corrected chi connectivity index (χ1v) is 9.85. The smallest absolute Gasteiger partial charge is 0.332 e. The average molecular weight is 457 g/mol. The molecule has 0 aliphatic carbocycles. The molecule has 0 atom stereocenters. The number of nitrogens with one attached hydrogen (secondary N) is 3. The molecule has 3 aromatic carbocycles. The average Bonchev–Trinajstić information content (AvgIpc) is 2.74. The van der Waals surface area contributed by atoms with Gasteiger partial charge in [0.15, 0.2) is 5.11 Å². The minimum atomic E-state index is -4.50. The molecular formula is C23H18F3N3O2S. The zero-order chi connectivity index (χ0) is 23.1. The summed E-state index contributed by atoms with van der Waals surface area (Å²) in [4.78, 5) is 24.4. The molecule has 0 aliphatic rings. The Kier molecular flexibility index (Phi) is 7.21. The van der Waals surface area contributed by atoms with E-state index < -0.39 is 17.6 Å². The highest BCUT2D eigenvalue weighted by Gasteiger charge is 2.30. The molecule has 3 aromatic rings. The summed E-state index contributed by atoms with van der Waals surface area (Å²) in [6.07, 6.45) is -4.32. The lowest BCUT2D eigenvalue weighted by Gasteiger charge is -2.11. The van der Waals surface area contributed by atoms with Crippen molar-refractivity contribution in [2.45, 2.75) is 12.6 Å². The molecule has 3 rings (SSSR count). The van der Waals surface area contributed by atoms with Crippen LogP contribution in [0.5, 0.6) is 0 Å². The van der Waals surface area contributed by atoms with Crippen LogP contribution in [0.2, 0.25) is 0 Å². The lowest BCUT2D eigenvalue weighted by Crippen LogP contribution is -2.35. The molecule has 3 N–H and O–H groups in total. The number of halogens is 3. The van der Waals surface area contributed by atoms with Gasteiger partial charge in [0.1, 0.15) is 0 Å². The van der Waals surface area contributed by atoms with Gasteiger partial charge in [-0.25, -0.2) is 0 Å². The molecule has 5 nitrogen and oxygen atoms in total. The summed E-state index contributed by atoms with van der Waals surface area (Å²) >= 11 is 5.13. The summed E-state index contributed by atoms with van der Waals surface area (Å²) in [6, 6.07) is 19.7. The van der Waals surface area contributed by atoms with E-state index in [9.17, 15) is 22.8 Å². The van der Waals surface area contributed by atoms with Gasteiger partial charge in [-0.15, -0.1) is 0 Å². The Morgan fingerprint density at radius 2 is 1.50 bits per heavy atom. The number of carbonyl (C=O) groups excluding carboxylic acids is 2. The third-order valence-electron chi connectivity index (χ3n) is 4.31. The minimum absolute atomic E-state index is 0.0364. The van der Waals surface area contributed by atoms with Gasteiger partial charge >= 0.3 is 6.18 Å². The highest BCUT2D eigenvalue weighted by atomic mass is 32.1. The first-order valence-electron chi connectivity index (χ1n) is 9.44. The Balaban J connectivity index is 1.54. The molecular weight excluding hydrogens is 439 g/mol. The summed E-state index contributed by atoms with van der Waals surface area (Å²) in [5.74, 6) is -0.833. The molecule has 0 bridgehead atoms. The van der Waals surface area contributed by atoms with Gasteiger partial charge in [-0.1, -0.05) is 36.4 Å². The topological polar surface area (TPSA) is 70.2 Å². The van der Waals surface area contributed by atoms with Gasteiger partial charge in [0.05, 0.1) is 12.0 Å². The van der Waals surface area contributed by atoms with Crippen molar-refractivity contribution in [3.63, 3.8) is 0 Å². The fourth-order valence-corrected chi connectivity index (χ4v) is 3.03. The van der Waals surface area contributed by atoms with Crippen molar-refractivity contribution < 1.29 is 22.8 Å². The Morgan fingerprint density at radius 1 is 0.812 bits per heavy atom.